The van der Waals surface area contributed by atoms with E-state index < -0.39 is 15.1 Å². The highest BCUT2D eigenvalue weighted by atomic mass is 28.3. The molecule has 1 aliphatic rings. The molecule has 0 saturated heterocycles. The van der Waals surface area contributed by atoms with Crippen molar-refractivity contribution in [2.45, 2.75) is 112 Å². The normalized spacial score (nSPS) is 18.6. The van der Waals surface area contributed by atoms with Crippen LogP contribution in [0.15, 0.2) is 35.5 Å². The summed E-state index contributed by atoms with van der Waals surface area (Å²) in [4.78, 5) is 0. The summed E-state index contributed by atoms with van der Waals surface area (Å²) in [5, 5.41) is 0. The Hall–Kier alpha value is -1.88. The van der Waals surface area contributed by atoms with Crippen molar-refractivity contribution in [1.82, 2.24) is 0 Å². The third kappa shape index (κ3) is 8.11. The number of hydrogen-bond acceptors (Lipinski definition) is 2. The van der Waals surface area contributed by atoms with E-state index in [0.29, 0.717) is 12.8 Å². The Morgan fingerprint density at radius 3 is 2.12 bits per heavy atom. The highest BCUT2D eigenvalue weighted by Gasteiger charge is 2.34. The molecule has 2 nitrogen and oxygen atoms in total. The standard InChI is InChI=1S/C29H43F2O2Si/c1-20(14-10-16-26(30)31)12-9-13-21(2)15-11-18-29(6)19-17-25-24(5)27(33-34(7)8)22(3)23(4)28(25)32-29/h12,15-16H,9-11,13-14,17-19H2,1-8H3/b20-12+,21-15+/t29-/m0/s1. The number of hydrogen-bond donors (Lipinski definition) is 0. The number of benzene rings is 1. The molecule has 2 rings (SSSR count). The first-order valence-corrected chi connectivity index (χ1v) is 15.0. The first-order chi connectivity index (χ1) is 15.9. The van der Waals surface area contributed by atoms with Crippen molar-refractivity contribution < 1.29 is 17.9 Å². The lowest BCUT2D eigenvalue weighted by Gasteiger charge is -2.38. The van der Waals surface area contributed by atoms with Gasteiger partial charge in [-0.3, -0.25) is 0 Å². The SMILES string of the molecule is C/C(=C\CC/C(C)=C/CC[C@@]1(C)CCc2c(C)c(O[Si](C)C)c(C)c(C)c2O1)CCC=C(F)F. The Balaban J connectivity index is 1.95. The molecule has 0 amide bonds. The largest absolute Gasteiger partial charge is 0.542 e. The van der Waals surface area contributed by atoms with Crippen molar-refractivity contribution in [1.29, 1.82) is 0 Å². The van der Waals surface area contributed by atoms with Gasteiger partial charge in [-0.15, -0.1) is 0 Å². The van der Waals surface area contributed by atoms with Crippen LogP contribution in [0, 0.1) is 20.8 Å². The number of ether oxygens (including phenoxy) is 1. The summed E-state index contributed by atoms with van der Waals surface area (Å²) in [5.74, 6) is 2.14. The zero-order valence-corrected chi connectivity index (χ0v) is 23.5. The fourth-order valence-corrected chi connectivity index (χ4v) is 5.31. The van der Waals surface area contributed by atoms with Gasteiger partial charge < -0.3 is 9.16 Å². The number of halogens is 2. The van der Waals surface area contributed by atoms with Gasteiger partial charge >= 0.3 is 0 Å². The van der Waals surface area contributed by atoms with E-state index in [9.17, 15) is 8.78 Å². The van der Waals surface area contributed by atoms with Gasteiger partial charge in [-0.2, -0.15) is 8.78 Å². The van der Waals surface area contributed by atoms with E-state index in [2.05, 4.69) is 59.9 Å². The van der Waals surface area contributed by atoms with Gasteiger partial charge in [0, 0.05) is 5.56 Å². The molecule has 1 aromatic rings. The molecule has 0 fully saturated rings. The van der Waals surface area contributed by atoms with Crippen LogP contribution in [0.3, 0.4) is 0 Å². The number of rotatable bonds is 11. The molecule has 5 heteroatoms. The lowest BCUT2D eigenvalue weighted by Crippen LogP contribution is -2.37. The van der Waals surface area contributed by atoms with E-state index in [-0.39, 0.29) is 5.60 Å². The molecule has 0 aromatic heterocycles. The van der Waals surface area contributed by atoms with Crippen molar-refractivity contribution in [3.05, 3.63) is 57.7 Å². The maximum atomic E-state index is 12.1. The van der Waals surface area contributed by atoms with Gasteiger partial charge in [0.2, 0.25) is 0 Å². The molecule has 189 valence electrons. The molecule has 0 saturated carbocycles. The average molecular weight is 490 g/mol. The predicted octanol–water partition coefficient (Wildman–Crippen LogP) is 9.34. The van der Waals surface area contributed by atoms with E-state index in [1.165, 1.54) is 33.4 Å². The van der Waals surface area contributed by atoms with Gasteiger partial charge in [-0.05, 0) is 129 Å². The van der Waals surface area contributed by atoms with Crippen LogP contribution in [-0.4, -0.2) is 14.6 Å². The van der Waals surface area contributed by atoms with Gasteiger partial charge in [-0.25, -0.2) is 0 Å². The lowest BCUT2D eigenvalue weighted by molar-refractivity contribution is 0.0559. The molecule has 0 unspecified atom stereocenters. The van der Waals surface area contributed by atoms with E-state index in [0.717, 1.165) is 56.1 Å². The van der Waals surface area contributed by atoms with Crippen molar-refractivity contribution in [2.24, 2.45) is 0 Å². The topological polar surface area (TPSA) is 18.5 Å². The minimum atomic E-state index is -1.59. The summed E-state index contributed by atoms with van der Waals surface area (Å²) in [7, 11) is -0.815. The molecule has 1 heterocycles. The van der Waals surface area contributed by atoms with E-state index in [4.69, 9.17) is 9.16 Å². The van der Waals surface area contributed by atoms with Gasteiger partial charge in [0.05, 0.1) is 0 Å². The molecule has 0 bridgehead atoms. The fourth-order valence-electron chi connectivity index (χ4n) is 4.60. The van der Waals surface area contributed by atoms with Crippen LogP contribution in [0.1, 0.15) is 88.0 Å². The smallest absolute Gasteiger partial charge is 0.274 e. The van der Waals surface area contributed by atoms with E-state index >= 15 is 0 Å². The monoisotopic (exact) mass is 489 g/mol. The van der Waals surface area contributed by atoms with Gasteiger partial charge in [0.15, 0.2) is 0 Å². The van der Waals surface area contributed by atoms with Gasteiger partial charge in [-0.1, -0.05) is 23.3 Å². The fraction of sp³-hybridized carbons (Fsp3) is 0.586. The summed E-state index contributed by atoms with van der Waals surface area (Å²) in [6, 6.07) is 0. The molecule has 1 aliphatic heterocycles. The maximum Gasteiger partial charge on any atom is 0.274 e. The van der Waals surface area contributed by atoms with Gasteiger partial charge in [0.25, 0.3) is 15.1 Å². The average Bonchev–Trinajstić information content (AvgIpc) is 2.74. The lowest BCUT2D eigenvalue weighted by atomic mass is 9.85. The first-order valence-electron chi connectivity index (χ1n) is 12.6. The van der Waals surface area contributed by atoms with Crippen LogP contribution in [0.25, 0.3) is 0 Å². The highest BCUT2D eigenvalue weighted by Crippen LogP contribution is 2.45. The first kappa shape index (κ1) is 28.4. The quantitative estimate of drug-likeness (QED) is 0.228. The Labute approximate surface area is 207 Å². The number of fused-ring (bicyclic) bond motifs is 1. The van der Waals surface area contributed by atoms with Crippen molar-refractivity contribution in [2.75, 3.05) is 0 Å². The zero-order valence-electron chi connectivity index (χ0n) is 22.5. The zero-order chi connectivity index (χ0) is 25.5. The Kier molecular flexibility index (Phi) is 10.6. The minimum absolute atomic E-state index is 0.157. The highest BCUT2D eigenvalue weighted by molar-refractivity contribution is 6.49. The molecule has 0 spiro atoms. The van der Waals surface area contributed by atoms with Crippen molar-refractivity contribution in [3.8, 4) is 11.5 Å². The van der Waals surface area contributed by atoms with Gasteiger partial charge in [0.1, 0.15) is 17.1 Å². The molecule has 1 aromatic carbocycles. The summed E-state index contributed by atoms with van der Waals surface area (Å²) in [6.45, 7) is 17.3. The molecular formula is C29H43F2O2Si. The van der Waals surface area contributed by atoms with Crippen LogP contribution in [-0.2, 0) is 6.42 Å². The van der Waals surface area contributed by atoms with Crippen LogP contribution < -0.4 is 9.16 Å². The minimum Gasteiger partial charge on any atom is -0.542 e. The van der Waals surface area contributed by atoms with Crippen LogP contribution >= 0.6 is 0 Å². The molecule has 0 aliphatic carbocycles. The molecule has 0 N–H and O–H groups in total. The van der Waals surface area contributed by atoms with Crippen LogP contribution in [0.5, 0.6) is 11.5 Å². The van der Waals surface area contributed by atoms with Crippen LogP contribution in [0.2, 0.25) is 13.1 Å². The number of allylic oxidation sites excluding steroid dienone is 5. The maximum absolute atomic E-state index is 12.1. The second-order valence-electron chi connectivity index (χ2n) is 10.3. The Morgan fingerprint density at radius 2 is 1.53 bits per heavy atom. The summed E-state index contributed by atoms with van der Waals surface area (Å²) < 4.78 is 37.2. The molecule has 1 atom stereocenters. The summed E-state index contributed by atoms with van der Waals surface area (Å²) in [5.41, 5.74) is 7.38. The van der Waals surface area contributed by atoms with Crippen molar-refractivity contribution >= 4 is 9.04 Å². The third-order valence-corrected chi connectivity index (χ3v) is 7.52. The van der Waals surface area contributed by atoms with Crippen molar-refractivity contribution in [3.63, 3.8) is 0 Å². The molecule has 1 radical (unpaired) electrons. The second-order valence-corrected chi connectivity index (χ2v) is 12.3. The summed E-state index contributed by atoms with van der Waals surface area (Å²) >= 11 is 0. The molecule has 34 heavy (non-hydrogen) atoms. The van der Waals surface area contributed by atoms with Crippen LogP contribution in [0.4, 0.5) is 8.78 Å². The molecular weight excluding hydrogens is 446 g/mol. The second kappa shape index (κ2) is 12.7. The predicted molar refractivity (Wildman–Crippen MR) is 142 cm³/mol. The Morgan fingerprint density at radius 1 is 0.941 bits per heavy atom. The summed E-state index contributed by atoms with van der Waals surface area (Å²) in [6.07, 6.45) is 11.0. The van der Waals surface area contributed by atoms with E-state index in [1.807, 2.05) is 6.92 Å². The van der Waals surface area contributed by atoms with E-state index in [1.54, 1.807) is 0 Å². The third-order valence-electron chi connectivity index (χ3n) is 6.90. The Bertz CT molecular complexity index is 942.